The van der Waals surface area contributed by atoms with Crippen LogP contribution in [0.5, 0.6) is 0 Å². The van der Waals surface area contributed by atoms with Gasteiger partial charge in [-0.25, -0.2) is 0 Å². The summed E-state index contributed by atoms with van der Waals surface area (Å²) < 4.78 is 0. The van der Waals surface area contributed by atoms with Crippen molar-refractivity contribution in [2.75, 3.05) is 11.9 Å². The second-order valence-electron chi connectivity index (χ2n) is 7.06. The van der Waals surface area contributed by atoms with Gasteiger partial charge in [-0.05, 0) is 25.5 Å². The molecule has 26 heavy (non-hydrogen) atoms. The third-order valence-corrected chi connectivity index (χ3v) is 6.38. The van der Waals surface area contributed by atoms with Gasteiger partial charge in [-0.2, -0.15) is 0 Å². The van der Waals surface area contributed by atoms with Gasteiger partial charge in [-0.3, -0.25) is 14.9 Å². The third kappa shape index (κ3) is 2.75. The van der Waals surface area contributed by atoms with Crippen molar-refractivity contribution in [2.45, 2.75) is 39.0 Å². The lowest BCUT2D eigenvalue weighted by Gasteiger charge is -2.28. The lowest BCUT2D eigenvalue weighted by Crippen LogP contribution is -3.14. The predicted molar refractivity (Wildman–Crippen MR) is 99.6 cm³/mol. The van der Waals surface area contributed by atoms with Crippen molar-refractivity contribution >= 4 is 27.9 Å². The first kappa shape index (κ1) is 17.0. The van der Waals surface area contributed by atoms with Gasteiger partial charge in [0, 0.05) is 12.5 Å². The molecular formula is C18H21N4O3S+. The van der Waals surface area contributed by atoms with Crippen molar-refractivity contribution in [1.82, 2.24) is 5.32 Å². The van der Waals surface area contributed by atoms with E-state index in [1.165, 1.54) is 15.8 Å². The third-order valence-electron chi connectivity index (χ3n) is 5.21. The minimum absolute atomic E-state index is 0.00509. The molecule has 0 saturated carbocycles. The Hall–Kier alpha value is -2.45. The molecule has 8 heteroatoms. The normalized spacial score (nSPS) is 21.6. The lowest BCUT2D eigenvalue weighted by molar-refractivity contribution is -0.936. The second kappa shape index (κ2) is 6.37. The molecule has 0 radical (unpaired) electrons. The van der Waals surface area contributed by atoms with Crippen LogP contribution in [0.3, 0.4) is 0 Å². The fourth-order valence-corrected chi connectivity index (χ4v) is 5.08. The van der Waals surface area contributed by atoms with E-state index in [2.05, 4.69) is 24.5 Å². The van der Waals surface area contributed by atoms with Crippen LogP contribution in [0.1, 0.15) is 46.4 Å². The van der Waals surface area contributed by atoms with Crippen LogP contribution < -0.4 is 15.5 Å². The van der Waals surface area contributed by atoms with E-state index in [4.69, 9.17) is 0 Å². The van der Waals surface area contributed by atoms with E-state index in [1.54, 1.807) is 29.5 Å². The average Bonchev–Trinajstić information content (AvgIpc) is 2.99. The minimum Gasteiger partial charge on any atom is -0.352 e. The van der Waals surface area contributed by atoms with E-state index < -0.39 is 11.1 Å². The number of amides is 1. The fraction of sp³-hybridized carbons (Fsp3) is 0.389. The number of thiophene rings is 1. The average molecular weight is 373 g/mol. The van der Waals surface area contributed by atoms with Crippen LogP contribution in [0.15, 0.2) is 24.3 Å². The highest BCUT2D eigenvalue weighted by atomic mass is 32.1. The lowest BCUT2D eigenvalue weighted by atomic mass is 9.99. The summed E-state index contributed by atoms with van der Waals surface area (Å²) in [4.78, 5) is 26.4. The number of nitro groups is 1. The zero-order valence-corrected chi connectivity index (χ0v) is 15.5. The van der Waals surface area contributed by atoms with Crippen molar-refractivity contribution in [1.29, 1.82) is 0 Å². The Morgan fingerprint density at radius 2 is 2.08 bits per heavy atom. The van der Waals surface area contributed by atoms with E-state index in [9.17, 15) is 14.9 Å². The maximum absolute atomic E-state index is 12.8. The van der Waals surface area contributed by atoms with Gasteiger partial charge in [0.1, 0.15) is 17.7 Å². The number of carbonyl (C=O) groups is 1. The summed E-state index contributed by atoms with van der Waals surface area (Å²) in [6.07, 6.45) is 0.296. The molecule has 2 aromatic rings. The molecule has 1 aromatic heterocycles. The molecule has 0 aliphatic carbocycles. The zero-order valence-electron chi connectivity index (χ0n) is 14.7. The van der Waals surface area contributed by atoms with Crippen LogP contribution in [0.2, 0.25) is 0 Å². The van der Waals surface area contributed by atoms with E-state index in [0.717, 1.165) is 35.6 Å². The molecule has 3 N–H and O–H groups in total. The van der Waals surface area contributed by atoms with Crippen molar-refractivity contribution in [3.63, 3.8) is 0 Å². The summed E-state index contributed by atoms with van der Waals surface area (Å²) in [6.45, 7) is 6.37. The Morgan fingerprint density at radius 1 is 1.31 bits per heavy atom. The van der Waals surface area contributed by atoms with Crippen LogP contribution in [-0.4, -0.2) is 23.4 Å². The first-order valence-corrected chi connectivity index (χ1v) is 9.57. The molecule has 136 valence electrons. The number of anilines is 1. The van der Waals surface area contributed by atoms with E-state index in [0.29, 0.717) is 11.6 Å². The molecule has 0 saturated heterocycles. The van der Waals surface area contributed by atoms with Gasteiger partial charge in [-0.15, -0.1) is 11.3 Å². The number of hydrogen-bond acceptors (Lipinski definition) is 5. The van der Waals surface area contributed by atoms with Crippen LogP contribution >= 0.6 is 11.3 Å². The number of para-hydroxylation sites is 1. The van der Waals surface area contributed by atoms with Crippen molar-refractivity contribution in [3.8, 4) is 0 Å². The summed E-state index contributed by atoms with van der Waals surface area (Å²) in [5, 5.41) is 18.4. The molecule has 2 aliphatic rings. The SMILES string of the molecule is CC(C)[NH+]1CCc2c(sc3c2C(=O)N[C@H](c2ccccc2[N+](=O)[O-])N3)C1. The Balaban J connectivity index is 1.69. The summed E-state index contributed by atoms with van der Waals surface area (Å²) in [5.41, 5.74) is 2.34. The highest BCUT2D eigenvalue weighted by Crippen LogP contribution is 2.40. The molecule has 1 unspecified atom stereocenters. The second-order valence-corrected chi connectivity index (χ2v) is 8.17. The molecule has 2 aliphatic heterocycles. The number of nitrogens with one attached hydrogen (secondary N) is 3. The number of carbonyl (C=O) groups excluding carboxylic acids is 1. The van der Waals surface area contributed by atoms with Gasteiger partial charge < -0.3 is 15.5 Å². The monoisotopic (exact) mass is 373 g/mol. The van der Waals surface area contributed by atoms with Gasteiger partial charge in [0.2, 0.25) is 0 Å². The highest BCUT2D eigenvalue weighted by Gasteiger charge is 2.36. The number of nitro benzene ring substituents is 1. The molecule has 7 nitrogen and oxygen atoms in total. The van der Waals surface area contributed by atoms with Crippen LogP contribution in [0.4, 0.5) is 10.7 Å². The van der Waals surface area contributed by atoms with Crippen molar-refractivity contribution < 1.29 is 14.6 Å². The maximum atomic E-state index is 12.8. The Labute approximate surface area is 155 Å². The number of benzene rings is 1. The van der Waals surface area contributed by atoms with Gasteiger partial charge in [-0.1, -0.05) is 12.1 Å². The quantitative estimate of drug-likeness (QED) is 0.566. The topological polar surface area (TPSA) is 88.7 Å². The molecule has 2 atom stereocenters. The Morgan fingerprint density at radius 3 is 2.81 bits per heavy atom. The zero-order chi connectivity index (χ0) is 18.4. The smallest absolute Gasteiger partial charge is 0.276 e. The number of fused-ring (bicyclic) bond motifs is 3. The number of rotatable bonds is 3. The molecule has 3 heterocycles. The number of hydrogen-bond donors (Lipinski definition) is 3. The van der Waals surface area contributed by atoms with Crippen LogP contribution in [0, 0.1) is 10.1 Å². The Bertz CT molecular complexity index is 893. The van der Waals surface area contributed by atoms with Gasteiger partial charge in [0.15, 0.2) is 0 Å². The molecule has 0 fully saturated rings. The predicted octanol–water partition coefficient (Wildman–Crippen LogP) is 1.86. The molecule has 0 spiro atoms. The fourth-order valence-electron chi connectivity index (χ4n) is 3.76. The van der Waals surface area contributed by atoms with E-state index >= 15 is 0 Å². The summed E-state index contributed by atoms with van der Waals surface area (Å²) in [5.74, 6) is -0.146. The van der Waals surface area contributed by atoms with Crippen LogP contribution in [-0.2, 0) is 13.0 Å². The van der Waals surface area contributed by atoms with E-state index in [1.807, 2.05) is 0 Å². The summed E-state index contributed by atoms with van der Waals surface area (Å²) in [7, 11) is 0. The number of nitrogens with zero attached hydrogens (tertiary/aromatic N) is 1. The molecule has 4 rings (SSSR count). The highest BCUT2D eigenvalue weighted by molar-refractivity contribution is 7.16. The molecule has 0 bridgehead atoms. The molecular weight excluding hydrogens is 352 g/mol. The van der Waals surface area contributed by atoms with Crippen molar-refractivity contribution in [2.24, 2.45) is 0 Å². The standard InChI is InChI=1S/C18H20N4O3S/c1-10(2)21-8-7-12-14(9-21)26-18-15(12)17(23)19-16(20-18)11-5-3-4-6-13(11)22(24)25/h3-6,10,16,20H,7-9H2,1-2H3,(H,19,23)/p+1/t16-/m0/s1. The Kier molecular flexibility index (Phi) is 4.16. The first-order chi connectivity index (χ1) is 12.5. The first-order valence-electron chi connectivity index (χ1n) is 8.75. The number of quaternary nitrogens is 1. The minimum atomic E-state index is -0.592. The van der Waals surface area contributed by atoms with Crippen molar-refractivity contribution in [3.05, 3.63) is 55.9 Å². The largest absolute Gasteiger partial charge is 0.352 e. The molecule has 1 amide bonds. The summed E-state index contributed by atoms with van der Waals surface area (Å²) in [6, 6.07) is 7.06. The van der Waals surface area contributed by atoms with Crippen LogP contribution in [0.25, 0.3) is 0 Å². The van der Waals surface area contributed by atoms with E-state index in [-0.39, 0.29) is 11.6 Å². The van der Waals surface area contributed by atoms with Gasteiger partial charge >= 0.3 is 0 Å². The van der Waals surface area contributed by atoms with Gasteiger partial charge in [0.05, 0.1) is 33.5 Å². The summed E-state index contributed by atoms with van der Waals surface area (Å²) >= 11 is 1.61. The van der Waals surface area contributed by atoms with Gasteiger partial charge in [0.25, 0.3) is 11.6 Å². The maximum Gasteiger partial charge on any atom is 0.276 e. The molecule has 1 aromatic carbocycles.